The fourth-order valence-electron chi connectivity index (χ4n) is 1.79. The molecular formula is C20H33NO2. The van der Waals surface area contributed by atoms with Gasteiger partial charge in [-0.1, -0.05) is 54.9 Å². The Balaban J connectivity index is 4.04. The van der Waals surface area contributed by atoms with Gasteiger partial charge in [-0.3, -0.25) is 4.79 Å². The largest absolute Gasteiger partial charge is 0.461 e. The van der Waals surface area contributed by atoms with Crippen LogP contribution in [0.2, 0.25) is 0 Å². The third kappa shape index (κ3) is 15.1. The lowest BCUT2D eigenvalue weighted by molar-refractivity contribution is -0.142. The van der Waals surface area contributed by atoms with Gasteiger partial charge in [0.15, 0.2) is 0 Å². The van der Waals surface area contributed by atoms with Gasteiger partial charge in [-0.2, -0.15) is 0 Å². The van der Waals surface area contributed by atoms with Crippen molar-refractivity contribution < 1.29 is 9.53 Å². The molecule has 0 aromatic heterocycles. The Morgan fingerprint density at radius 3 is 2.52 bits per heavy atom. The van der Waals surface area contributed by atoms with Crippen LogP contribution in [0.5, 0.6) is 0 Å². The third-order valence-electron chi connectivity index (χ3n) is 3.19. The second-order valence-corrected chi connectivity index (χ2v) is 6.00. The van der Waals surface area contributed by atoms with Gasteiger partial charge in [0.25, 0.3) is 0 Å². The average molecular weight is 319 g/mol. The van der Waals surface area contributed by atoms with Crippen LogP contribution in [0.25, 0.3) is 0 Å². The first-order chi connectivity index (χ1) is 11.0. The van der Waals surface area contributed by atoms with Crippen LogP contribution in [-0.4, -0.2) is 38.1 Å². The van der Waals surface area contributed by atoms with Crippen molar-refractivity contribution >= 4 is 5.97 Å². The van der Waals surface area contributed by atoms with Crippen LogP contribution in [0.15, 0.2) is 47.6 Å². The van der Waals surface area contributed by atoms with E-state index in [0.717, 1.165) is 25.0 Å². The molecule has 0 N–H and O–H groups in total. The number of carbonyl (C=O) groups is 1. The fraction of sp³-hybridized carbons (Fsp3) is 0.550. The van der Waals surface area contributed by atoms with E-state index < -0.39 is 0 Å². The Morgan fingerprint density at radius 2 is 1.87 bits per heavy atom. The van der Waals surface area contributed by atoms with Crippen molar-refractivity contribution in [2.75, 3.05) is 27.2 Å². The molecule has 0 radical (unpaired) electrons. The van der Waals surface area contributed by atoms with Crippen LogP contribution < -0.4 is 0 Å². The minimum Gasteiger partial charge on any atom is -0.461 e. The molecule has 0 aliphatic carbocycles. The number of nitrogens with zero attached hydrogens (tertiary/aromatic N) is 1. The van der Waals surface area contributed by atoms with Gasteiger partial charge in [0, 0.05) is 6.42 Å². The number of allylic oxidation sites excluding steroid dienone is 7. The van der Waals surface area contributed by atoms with E-state index in [1.807, 2.05) is 39.2 Å². The van der Waals surface area contributed by atoms with E-state index in [0.29, 0.717) is 13.0 Å². The van der Waals surface area contributed by atoms with Crippen LogP contribution >= 0.6 is 0 Å². The van der Waals surface area contributed by atoms with Crippen molar-refractivity contribution in [2.24, 2.45) is 0 Å². The lowest BCUT2D eigenvalue weighted by atomic mass is 10.2. The van der Waals surface area contributed by atoms with Crippen LogP contribution in [-0.2, 0) is 9.53 Å². The topological polar surface area (TPSA) is 29.5 Å². The van der Waals surface area contributed by atoms with E-state index in [1.165, 1.54) is 12.0 Å². The van der Waals surface area contributed by atoms with Gasteiger partial charge in [-0.25, -0.2) is 0 Å². The molecule has 0 amide bonds. The number of unbranched alkanes of at least 4 members (excludes halogenated alkanes) is 1. The molecule has 130 valence electrons. The number of hydrogen-bond donors (Lipinski definition) is 0. The molecule has 0 bridgehead atoms. The predicted molar refractivity (Wildman–Crippen MR) is 99.4 cm³/mol. The zero-order valence-corrected chi connectivity index (χ0v) is 15.5. The maximum Gasteiger partial charge on any atom is 0.306 e. The Morgan fingerprint density at radius 1 is 1.13 bits per heavy atom. The zero-order chi connectivity index (χ0) is 17.5. The first kappa shape index (κ1) is 21.4. The summed E-state index contributed by atoms with van der Waals surface area (Å²) in [6, 6.07) is 0. The maximum absolute atomic E-state index is 11.5. The SMILES string of the molecule is CCC/C=C/C(C)=C/C=C/C(C)=C/COC(=O)CCCN(C)C. The Labute approximate surface area is 142 Å². The lowest BCUT2D eigenvalue weighted by Gasteiger charge is -2.08. The normalized spacial score (nSPS) is 13.5. The smallest absolute Gasteiger partial charge is 0.306 e. The van der Waals surface area contributed by atoms with Gasteiger partial charge >= 0.3 is 5.97 Å². The second kappa shape index (κ2) is 14.0. The number of rotatable bonds is 11. The van der Waals surface area contributed by atoms with Crippen molar-refractivity contribution in [2.45, 2.75) is 46.5 Å². The highest BCUT2D eigenvalue weighted by atomic mass is 16.5. The molecule has 0 aliphatic heterocycles. The Hall–Kier alpha value is -1.61. The number of ether oxygens (including phenoxy) is 1. The van der Waals surface area contributed by atoms with Gasteiger partial charge in [0.1, 0.15) is 6.61 Å². The summed E-state index contributed by atoms with van der Waals surface area (Å²) in [5.74, 6) is -0.128. The molecule has 0 saturated carbocycles. The summed E-state index contributed by atoms with van der Waals surface area (Å²) in [6.45, 7) is 7.52. The lowest BCUT2D eigenvalue weighted by Crippen LogP contribution is -2.15. The van der Waals surface area contributed by atoms with E-state index in [2.05, 4.69) is 37.0 Å². The van der Waals surface area contributed by atoms with Crippen molar-refractivity contribution in [3.8, 4) is 0 Å². The average Bonchev–Trinajstić information content (AvgIpc) is 2.47. The molecule has 0 aromatic carbocycles. The molecule has 0 atom stereocenters. The summed E-state index contributed by atoms with van der Waals surface area (Å²) in [5.41, 5.74) is 2.32. The van der Waals surface area contributed by atoms with E-state index in [-0.39, 0.29) is 5.97 Å². The summed E-state index contributed by atoms with van der Waals surface area (Å²) in [4.78, 5) is 13.6. The zero-order valence-electron chi connectivity index (χ0n) is 15.5. The van der Waals surface area contributed by atoms with Crippen LogP contribution in [0.1, 0.15) is 46.5 Å². The molecule has 3 nitrogen and oxygen atoms in total. The van der Waals surface area contributed by atoms with Crippen molar-refractivity contribution in [1.82, 2.24) is 4.90 Å². The summed E-state index contributed by atoms with van der Waals surface area (Å²) < 4.78 is 5.19. The van der Waals surface area contributed by atoms with Crippen molar-refractivity contribution in [1.29, 1.82) is 0 Å². The van der Waals surface area contributed by atoms with Gasteiger partial charge in [-0.05, 0) is 53.4 Å². The molecule has 0 aliphatic rings. The summed E-state index contributed by atoms with van der Waals surface area (Å²) in [7, 11) is 4.00. The number of hydrogen-bond acceptors (Lipinski definition) is 3. The van der Waals surface area contributed by atoms with Crippen LogP contribution in [0.3, 0.4) is 0 Å². The van der Waals surface area contributed by atoms with Crippen molar-refractivity contribution in [3.63, 3.8) is 0 Å². The standard InChI is InChI=1S/C20H33NO2/c1-6-7-8-11-18(2)12-9-13-19(3)15-17-23-20(22)14-10-16-21(4)5/h8-9,11-13,15H,6-7,10,14,16-17H2,1-5H3/b11-8+,13-9+,18-12+,19-15+. The quantitative estimate of drug-likeness (QED) is 0.409. The van der Waals surface area contributed by atoms with Crippen molar-refractivity contribution in [3.05, 3.63) is 47.6 Å². The minimum atomic E-state index is -0.128. The highest BCUT2D eigenvalue weighted by Crippen LogP contribution is 2.01. The monoisotopic (exact) mass is 319 g/mol. The molecule has 0 rings (SSSR count). The number of carbonyl (C=O) groups excluding carboxylic acids is 1. The number of esters is 1. The Bertz CT molecular complexity index is 443. The summed E-state index contributed by atoms with van der Waals surface area (Å²) >= 11 is 0. The molecule has 0 aromatic rings. The fourth-order valence-corrected chi connectivity index (χ4v) is 1.79. The highest BCUT2D eigenvalue weighted by molar-refractivity contribution is 5.69. The van der Waals surface area contributed by atoms with Gasteiger partial charge in [-0.15, -0.1) is 0 Å². The minimum absolute atomic E-state index is 0.128. The highest BCUT2D eigenvalue weighted by Gasteiger charge is 2.01. The maximum atomic E-state index is 11.5. The van der Waals surface area contributed by atoms with E-state index in [4.69, 9.17) is 4.74 Å². The molecule has 0 spiro atoms. The molecular weight excluding hydrogens is 286 g/mol. The van der Waals surface area contributed by atoms with E-state index >= 15 is 0 Å². The molecule has 0 unspecified atom stereocenters. The van der Waals surface area contributed by atoms with Crippen LogP contribution in [0.4, 0.5) is 0 Å². The van der Waals surface area contributed by atoms with Crippen LogP contribution in [0, 0.1) is 0 Å². The molecule has 3 heteroatoms. The molecule has 0 heterocycles. The van der Waals surface area contributed by atoms with Gasteiger partial charge < -0.3 is 9.64 Å². The summed E-state index contributed by atoms with van der Waals surface area (Å²) in [6.07, 6.45) is 16.0. The first-order valence-electron chi connectivity index (χ1n) is 8.44. The van der Waals surface area contributed by atoms with E-state index in [1.54, 1.807) is 0 Å². The molecule has 0 fully saturated rings. The van der Waals surface area contributed by atoms with Gasteiger partial charge in [0.2, 0.25) is 0 Å². The predicted octanol–water partition coefficient (Wildman–Crippen LogP) is 4.68. The Kier molecular flexibility index (Phi) is 13.0. The van der Waals surface area contributed by atoms with E-state index in [9.17, 15) is 4.79 Å². The van der Waals surface area contributed by atoms with Gasteiger partial charge in [0.05, 0.1) is 0 Å². The first-order valence-corrected chi connectivity index (χ1v) is 8.44. The molecule has 0 saturated heterocycles. The summed E-state index contributed by atoms with van der Waals surface area (Å²) in [5, 5.41) is 0. The molecule has 23 heavy (non-hydrogen) atoms. The second-order valence-electron chi connectivity index (χ2n) is 6.00. The third-order valence-corrected chi connectivity index (χ3v) is 3.19.